The zero-order chi connectivity index (χ0) is 16.7. The van der Waals surface area contributed by atoms with E-state index in [4.69, 9.17) is 4.74 Å². The fraction of sp³-hybridized carbons (Fsp3) is 0.438. The Bertz CT molecular complexity index is 557. The van der Waals surface area contributed by atoms with Gasteiger partial charge in [0.1, 0.15) is 6.04 Å². The highest BCUT2D eigenvalue weighted by molar-refractivity contribution is 5.97. The van der Waals surface area contributed by atoms with Gasteiger partial charge < -0.3 is 15.4 Å². The van der Waals surface area contributed by atoms with Crippen molar-refractivity contribution < 1.29 is 19.1 Å². The van der Waals surface area contributed by atoms with E-state index in [0.29, 0.717) is 11.3 Å². The van der Waals surface area contributed by atoms with Gasteiger partial charge in [-0.25, -0.2) is 9.59 Å². The molecule has 0 heterocycles. The maximum Gasteiger partial charge on any atom is 0.328 e. The van der Waals surface area contributed by atoms with Crippen LogP contribution in [0.25, 0.3) is 0 Å². The van der Waals surface area contributed by atoms with Gasteiger partial charge in [0.2, 0.25) is 0 Å². The number of amides is 2. The summed E-state index contributed by atoms with van der Waals surface area (Å²) in [6.45, 7) is 5.24. The van der Waals surface area contributed by atoms with Crippen LogP contribution >= 0.6 is 0 Å². The highest BCUT2D eigenvalue weighted by Gasteiger charge is 2.26. The molecule has 0 spiro atoms. The summed E-state index contributed by atoms with van der Waals surface area (Å²) in [5.41, 5.74) is 0.988. The summed E-state index contributed by atoms with van der Waals surface area (Å²) in [5.74, 6) is -0.625. The second-order valence-electron chi connectivity index (χ2n) is 5.12. The highest BCUT2D eigenvalue weighted by atomic mass is 16.5. The molecule has 0 aromatic heterocycles. The molecule has 0 saturated carbocycles. The second-order valence-corrected chi connectivity index (χ2v) is 5.12. The first-order valence-corrected chi connectivity index (χ1v) is 7.15. The van der Waals surface area contributed by atoms with E-state index in [2.05, 4.69) is 10.6 Å². The third-order valence-corrected chi connectivity index (χ3v) is 3.48. The van der Waals surface area contributed by atoms with Gasteiger partial charge in [0.25, 0.3) is 0 Å². The van der Waals surface area contributed by atoms with Gasteiger partial charge in [-0.1, -0.05) is 32.4 Å². The molecule has 1 rings (SSSR count). The maximum absolute atomic E-state index is 12.0. The number of anilines is 1. The number of esters is 1. The number of benzene rings is 1. The molecule has 1 unspecified atom stereocenters. The minimum absolute atomic E-state index is 0.0539. The molecular formula is C16H22N2O4. The Morgan fingerprint density at radius 2 is 1.95 bits per heavy atom. The van der Waals surface area contributed by atoms with E-state index < -0.39 is 18.0 Å². The molecule has 0 aliphatic heterocycles. The third-order valence-electron chi connectivity index (χ3n) is 3.48. The van der Waals surface area contributed by atoms with Crippen molar-refractivity contribution in [3.05, 3.63) is 29.8 Å². The summed E-state index contributed by atoms with van der Waals surface area (Å²) in [6, 6.07) is 5.36. The van der Waals surface area contributed by atoms with Crippen LogP contribution in [0.3, 0.4) is 0 Å². The van der Waals surface area contributed by atoms with Crippen LogP contribution in [0.4, 0.5) is 10.5 Å². The number of carbonyl (C=O) groups excluding carboxylic acids is 3. The number of rotatable bonds is 6. The smallest absolute Gasteiger partial charge is 0.328 e. The lowest BCUT2D eigenvalue weighted by Gasteiger charge is -2.22. The van der Waals surface area contributed by atoms with Crippen molar-refractivity contribution in [2.45, 2.75) is 33.2 Å². The largest absolute Gasteiger partial charge is 0.467 e. The van der Waals surface area contributed by atoms with Crippen LogP contribution in [0.2, 0.25) is 0 Å². The molecule has 1 aromatic carbocycles. The first kappa shape index (κ1) is 17.7. The molecule has 0 fully saturated rings. The predicted octanol–water partition coefficient (Wildman–Crippen LogP) is 2.60. The monoisotopic (exact) mass is 306 g/mol. The topological polar surface area (TPSA) is 84.5 Å². The van der Waals surface area contributed by atoms with Crippen molar-refractivity contribution in [3.8, 4) is 0 Å². The molecule has 0 saturated heterocycles. The van der Waals surface area contributed by atoms with Crippen molar-refractivity contribution in [3.63, 3.8) is 0 Å². The summed E-state index contributed by atoms with van der Waals surface area (Å²) in [7, 11) is 1.29. The molecule has 22 heavy (non-hydrogen) atoms. The van der Waals surface area contributed by atoms with E-state index in [1.54, 1.807) is 24.3 Å². The third kappa shape index (κ3) is 4.87. The number of ketones is 1. The van der Waals surface area contributed by atoms with E-state index in [9.17, 15) is 14.4 Å². The van der Waals surface area contributed by atoms with Gasteiger partial charge in [0.15, 0.2) is 5.78 Å². The fourth-order valence-corrected chi connectivity index (χ4v) is 1.92. The number of hydrogen-bond acceptors (Lipinski definition) is 4. The molecule has 0 aliphatic rings. The van der Waals surface area contributed by atoms with E-state index in [1.165, 1.54) is 14.0 Å². The van der Waals surface area contributed by atoms with Gasteiger partial charge in [-0.15, -0.1) is 0 Å². The van der Waals surface area contributed by atoms with Gasteiger partial charge in [-0.3, -0.25) is 4.79 Å². The summed E-state index contributed by atoms with van der Waals surface area (Å²) in [5, 5.41) is 5.22. The van der Waals surface area contributed by atoms with E-state index in [1.807, 2.05) is 13.8 Å². The SMILES string of the molecule is CCC(C)[C@@H](NC(=O)Nc1cccc(C(C)=O)c1)C(=O)OC. The quantitative estimate of drug-likeness (QED) is 0.625. The normalized spacial score (nSPS) is 12.9. The van der Waals surface area contributed by atoms with Crippen molar-refractivity contribution in [1.29, 1.82) is 0 Å². The molecule has 0 bridgehead atoms. The number of urea groups is 1. The van der Waals surface area contributed by atoms with E-state index >= 15 is 0 Å². The number of Topliss-reactive ketones (excluding diaryl/α,β-unsaturated/α-hetero) is 1. The number of methoxy groups -OCH3 is 1. The fourth-order valence-electron chi connectivity index (χ4n) is 1.92. The van der Waals surface area contributed by atoms with Crippen molar-refractivity contribution >= 4 is 23.5 Å². The Kier molecular flexibility index (Phi) is 6.56. The summed E-state index contributed by atoms with van der Waals surface area (Å²) < 4.78 is 4.71. The zero-order valence-corrected chi connectivity index (χ0v) is 13.3. The van der Waals surface area contributed by atoms with Crippen molar-refractivity contribution in [2.24, 2.45) is 5.92 Å². The summed E-state index contributed by atoms with van der Waals surface area (Å²) >= 11 is 0. The molecule has 2 N–H and O–H groups in total. The minimum atomic E-state index is -0.717. The van der Waals surface area contributed by atoms with Crippen LogP contribution in [0.1, 0.15) is 37.6 Å². The molecule has 2 atom stereocenters. The van der Waals surface area contributed by atoms with Gasteiger partial charge >= 0.3 is 12.0 Å². The first-order chi connectivity index (χ1) is 10.4. The van der Waals surface area contributed by atoms with E-state index in [0.717, 1.165) is 6.42 Å². The van der Waals surface area contributed by atoms with Crippen LogP contribution in [-0.4, -0.2) is 30.9 Å². The van der Waals surface area contributed by atoms with Crippen LogP contribution < -0.4 is 10.6 Å². The van der Waals surface area contributed by atoms with Crippen LogP contribution in [-0.2, 0) is 9.53 Å². The van der Waals surface area contributed by atoms with Crippen LogP contribution in [0.15, 0.2) is 24.3 Å². The Morgan fingerprint density at radius 3 is 2.50 bits per heavy atom. The lowest BCUT2D eigenvalue weighted by atomic mass is 9.99. The molecule has 2 amide bonds. The van der Waals surface area contributed by atoms with Crippen molar-refractivity contribution in [2.75, 3.05) is 12.4 Å². The number of ether oxygens (including phenoxy) is 1. The number of nitrogens with one attached hydrogen (secondary N) is 2. The Hall–Kier alpha value is -2.37. The van der Waals surface area contributed by atoms with Crippen LogP contribution in [0.5, 0.6) is 0 Å². The molecule has 0 radical (unpaired) electrons. The molecule has 120 valence electrons. The highest BCUT2D eigenvalue weighted by Crippen LogP contribution is 2.13. The average molecular weight is 306 g/mol. The lowest BCUT2D eigenvalue weighted by Crippen LogP contribution is -2.47. The summed E-state index contributed by atoms with van der Waals surface area (Å²) in [6.07, 6.45) is 0.722. The Labute approximate surface area is 130 Å². The van der Waals surface area contributed by atoms with E-state index in [-0.39, 0.29) is 11.7 Å². The molecule has 6 nitrogen and oxygen atoms in total. The van der Waals surface area contributed by atoms with Crippen LogP contribution in [0, 0.1) is 5.92 Å². The average Bonchev–Trinajstić information content (AvgIpc) is 2.51. The second kappa shape index (κ2) is 8.17. The van der Waals surface area contributed by atoms with Gasteiger partial charge in [-0.05, 0) is 25.0 Å². The molecular weight excluding hydrogens is 284 g/mol. The van der Waals surface area contributed by atoms with Gasteiger partial charge in [0.05, 0.1) is 7.11 Å². The first-order valence-electron chi connectivity index (χ1n) is 7.15. The number of carbonyl (C=O) groups is 3. The summed E-state index contributed by atoms with van der Waals surface area (Å²) in [4.78, 5) is 35.1. The van der Waals surface area contributed by atoms with Crippen molar-refractivity contribution in [1.82, 2.24) is 5.32 Å². The molecule has 6 heteroatoms. The maximum atomic E-state index is 12.0. The Morgan fingerprint density at radius 1 is 1.27 bits per heavy atom. The minimum Gasteiger partial charge on any atom is -0.467 e. The zero-order valence-electron chi connectivity index (χ0n) is 13.3. The van der Waals surface area contributed by atoms with Gasteiger partial charge in [0, 0.05) is 11.3 Å². The number of hydrogen-bond donors (Lipinski definition) is 2. The standard InChI is InChI=1S/C16H22N2O4/c1-5-10(2)14(15(20)22-4)18-16(21)17-13-8-6-7-12(9-13)11(3)19/h6-10,14H,5H2,1-4H3,(H2,17,18,21)/t10?,14-/m1/s1. The molecule has 1 aromatic rings. The van der Waals surface area contributed by atoms with Gasteiger partial charge in [-0.2, -0.15) is 0 Å². The lowest BCUT2D eigenvalue weighted by molar-refractivity contribution is -0.144. The predicted molar refractivity (Wildman–Crippen MR) is 83.9 cm³/mol. The molecule has 0 aliphatic carbocycles. The Balaban J connectivity index is 2.77.